The molecule has 2 N–H and O–H groups in total. The van der Waals surface area contributed by atoms with E-state index in [0.29, 0.717) is 50.7 Å². The number of nitrogen functional groups attached to an aromatic ring is 1. The van der Waals surface area contributed by atoms with E-state index >= 15 is 0 Å². The Morgan fingerprint density at radius 1 is 1.02 bits per heavy atom. The number of hydrogen-bond acceptors (Lipinski definition) is 7. The van der Waals surface area contributed by atoms with Gasteiger partial charge in [0.1, 0.15) is 29.3 Å². The number of pyridine rings is 1. The lowest BCUT2D eigenvalue weighted by Crippen LogP contribution is -2.40. The first-order chi connectivity index (χ1) is 20.6. The van der Waals surface area contributed by atoms with Crippen LogP contribution in [0.4, 0.5) is 5.82 Å². The van der Waals surface area contributed by atoms with Gasteiger partial charge in [-0.2, -0.15) is 0 Å². The Bertz CT molecular complexity index is 1510. The van der Waals surface area contributed by atoms with Gasteiger partial charge in [0.2, 0.25) is 5.91 Å². The third-order valence-electron chi connectivity index (χ3n) is 7.38. The van der Waals surface area contributed by atoms with Gasteiger partial charge in [0.15, 0.2) is 5.82 Å². The largest absolute Gasteiger partial charge is 0.488 e. The van der Waals surface area contributed by atoms with Gasteiger partial charge in [0.25, 0.3) is 0 Å². The van der Waals surface area contributed by atoms with Gasteiger partial charge in [-0.25, -0.2) is 9.97 Å². The number of ether oxygens (including phenoxy) is 2. The van der Waals surface area contributed by atoms with Gasteiger partial charge in [-0.05, 0) is 70.5 Å². The number of benzene rings is 2. The highest BCUT2D eigenvalue weighted by atomic mass is 16.5. The summed E-state index contributed by atoms with van der Waals surface area (Å²) in [4.78, 5) is 27.3. The molecule has 0 saturated carbocycles. The van der Waals surface area contributed by atoms with Gasteiger partial charge in [0, 0.05) is 31.6 Å². The highest BCUT2D eigenvalue weighted by Gasteiger charge is 2.20. The van der Waals surface area contributed by atoms with Crippen LogP contribution in [-0.4, -0.2) is 68.6 Å². The van der Waals surface area contributed by atoms with E-state index in [1.54, 1.807) is 0 Å². The normalized spacial score (nSPS) is 12.0. The number of likely N-dealkylation sites (N-methyl/N-ethyl adjacent to an activating group) is 1. The molecule has 0 saturated heterocycles. The number of anilines is 1. The number of nitrogens with zero attached hydrogens (tertiary/aromatic N) is 5. The lowest BCUT2D eigenvalue weighted by atomic mass is 10.1. The molecule has 232 valence electrons. The monoisotopic (exact) mass is 588 g/mol. The second-order valence-corrected chi connectivity index (χ2v) is 11.9. The smallest absolute Gasteiger partial charge is 0.237 e. The van der Waals surface area contributed by atoms with E-state index in [9.17, 15) is 4.79 Å². The van der Waals surface area contributed by atoms with Crippen LogP contribution >= 0.6 is 0 Å². The van der Waals surface area contributed by atoms with E-state index in [1.165, 1.54) is 0 Å². The van der Waals surface area contributed by atoms with Crippen LogP contribution in [0, 0.1) is 0 Å². The average Bonchev–Trinajstić information content (AvgIpc) is 3.34. The van der Waals surface area contributed by atoms with Gasteiger partial charge in [-0.1, -0.05) is 51.1 Å². The molecule has 4 rings (SSSR count). The number of imidazole rings is 1. The van der Waals surface area contributed by atoms with Crippen molar-refractivity contribution in [2.75, 3.05) is 38.5 Å². The van der Waals surface area contributed by atoms with Gasteiger partial charge < -0.3 is 24.7 Å². The zero-order valence-corrected chi connectivity index (χ0v) is 26.7. The Kier molecular flexibility index (Phi) is 11.0. The lowest BCUT2D eigenvalue weighted by Gasteiger charge is -2.27. The third-order valence-corrected chi connectivity index (χ3v) is 7.38. The van der Waals surface area contributed by atoms with E-state index in [4.69, 9.17) is 20.2 Å². The minimum atomic E-state index is -0.300. The van der Waals surface area contributed by atoms with Crippen molar-refractivity contribution in [2.45, 2.75) is 79.7 Å². The minimum absolute atomic E-state index is 0.117. The van der Waals surface area contributed by atoms with E-state index in [-0.39, 0.29) is 11.5 Å². The molecule has 9 heteroatoms. The Morgan fingerprint density at radius 2 is 1.79 bits per heavy atom. The van der Waals surface area contributed by atoms with E-state index < -0.39 is 0 Å². The summed E-state index contributed by atoms with van der Waals surface area (Å²) in [5, 5.41) is 1.01. The number of amides is 1. The summed E-state index contributed by atoms with van der Waals surface area (Å²) in [6.45, 7) is 17.2. The number of carbonyl (C=O) groups excluding carboxylic acids is 1. The molecule has 0 bridgehead atoms. The number of carbonyl (C=O) groups is 1. The summed E-state index contributed by atoms with van der Waals surface area (Å²) in [5.41, 5.74) is 9.63. The first kappa shape index (κ1) is 32.2. The van der Waals surface area contributed by atoms with Crippen LogP contribution in [-0.2, 0) is 29.2 Å². The second kappa shape index (κ2) is 14.7. The molecular formula is C34H48N6O3. The maximum atomic E-state index is 13.6. The molecule has 0 fully saturated rings. The molecule has 0 aliphatic rings. The zero-order valence-electron chi connectivity index (χ0n) is 26.7. The van der Waals surface area contributed by atoms with Crippen LogP contribution in [0.3, 0.4) is 0 Å². The standard InChI is InChI=1S/C34H48N6O3/c1-7-20-42-24-29-37-31-32(27-16-10-11-17-28(27)36-33(31)35)40(29)19-13-18-39(30(41)23-38(8-2)9-3)22-25-14-12-15-26(21-25)43-34(4,5)6/h10-12,14-17,21H,7-9,13,18-20,22-24H2,1-6H3,(H2,35,36). The van der Waals surface area contributed by atoms with Crippen LogP contribution in [0.2, 0.25) is 0 Å². The first-order valence-electron chi connectivity index (χ1n) is 15.5. The number of hydrogen-bond donors (Lipinski definition) is 1. The maximum absolute atomic E-state index is 13.6. The molecule has 9 nitrogen and oxygen atoms in total. The molecule has 0 atom stereocenters. The van der Waals surface area contributed by atoms with Gasteiger partial charge >= 0.3 is 0 Å². The highest BCUT2D eigenvalue weighted by molar-refractivity contribution is 6.06. The molecule has 0 unspecified atom stereocenters. The second-order valence-electron chi connectivity index (χ2n) is 11.9. The SMILES string of the molecule is CCCOCc1nc2c(N)nc3ccccc3c2n1CCCN(Cc1cccc(OC(C)(C)C)c1)C(=O)CN(CC)CC. The number of aromatic nitrogens is 3. The van der Waals surface area contributed by atoms with Gasteiger partial charge in [-0.3, -0.25) is 9.69 Å². The predicted molar refractivity (Wildman–Crippen MR) is 174 cm³/mol. The lowest BCUT2D eigenvalue weighted by molar-refractivity contribution is -0.133. The Balaban J connectivity index is 1.61. The quantitative estimate of drug-likeness (QED) is 0.169. The van der Waals surface area contributed by atoms with Crippen molar-refractivity contribution >= 4 is 33.7 Å². The van der Waals surface area contributed by atoms with Crippen molar-refractivity contribution in [1.29, 1.82) is 0 Å². The first-order valence-corrected chi connectivity index (χ1v) is 15.5. The minimum Gasteiger partial charge on any atom is -0.488 e. The molecule has 43 heavy (non-hydrogen) atoms. The van der Waals surface area contributed by atoms with Crippen LogP contribution in [0.1, 0.15) is 65.8 Å². The summed E-state index contributed by atoms with van der Waals surface area (Å²) in [5.74, 6) is 2.16. The van der Waals surface area contributed by atoms with Crippen molar-refractivity contribution in [3.63, 3.8) is 0 Å². The molecule has 2 aromatic heterocycles. The van der Waals surface area contributed by atoms with Gasteiger partial charge in [-0.15, -0.1) is 0 Å². The number of nitrogens with two attached hydrogens (primary N) is 1. The zero-order chi connectivity index (χ0) is 31.0. The van der Waals surface area contributed by atoms with Crippen molar-refractivity contribution in [3.05, 3.63) is 59.9 Å². The van der Waals surface area contributed by atoms with E-state index in [0.717, 1.165) is 59.5 Å². The fourth-order valence-electron chi connectivity index (χ4n) is 5.30. The fourth-order valence-corrected chi connectivity index (χ4v) is 5.30. The fraction of sp³-hybridized carbons (Fsp3) is 0.500. The Hall–Kier alpha value is -3.69. The summed E-state index contributed by atoms with van der Waals surface area (Å²) in [6, 6.07) is 16.1. The maximum Gasteiger partial charge on any atom is 0.237 e. The van der Waals surface area contributed by atoms with Crippen LogP contribution in [0.5, 0.6) is 5.75 Å². The Morgan fingerprint density at radius 3 is 2.51 bits per heavy atom. The van der Waals surface area contributed by atoms with E-state index in [2.05, 4.69) is 47.4 Å². The molecule has 1 amide bonds. The summed E-state index contributed by atoms with van der Waals surface area (Å²) < 4.78 is 14.2. The number of aryl methyl sites for hydroxylation is 1. The van der Waals surface area contributed by atoms with Crippen LogP contribution in [0.25, 0.3) is 21.9 Å². The molecule has 0 aliphatic carbocycles. The van der Waals surface area contributed by atoms with Crippen LogP contribution in [0.15, 0.2) is 48.5 Å². The predicted octanol–water partition coefficient (Wildman–Crippen LogP) is 6.03. The molecular weight excluding hydrogens is 540 g/mol. The summed E-state index contributed by atoms with van der Waals surface area (Å²) in [6.07, 6.45) is 1.67. The molecule has 2 heterocycles. The highest BCUT2D eigenvalue weighted by Crippen LogP contribution is 2.29. The number of fused-ring (bicyclic) bond motifs is 3. The van der Waals surface area contributed by atoms with E-state index in [1.807, 2.05) is 62.1 Å². The third kappa shape index (κ3) is 8.45. The summed E-state index contributed by atoms with van der Waals surface area (Å²) in [7, 11) is 0. The molecule has 0 aliphatic heterocycles. The summed E-state index contributed by atoms with van der Waals surface area (Å²) >= 11 is 0. The average molecular weight is 589 g/mol. The topological polar surface area (TPSA) is 98.7 Å². The number of rotatable bonds is 15. The van der Waals surface area contributed by atoms with Crippen LogP contribution < -0.4 is 10.5 Å². The van der Waals surface area contributed by atoms with Crippen molar-refractivity contribution in [1.82, 2.24) is 24.3 Å². The molecule has 0 radical (unpaired) electrons. The van der Waals surface area contributed by atoms with Crippen molar-refractivity contribution in [3.8, 4) is 5.75 Å². The van der Waals surface area contributed by atoms with Gasteiger partial charge in [0.05, 0.1) is 17.6 Å². The molecule has 2 aromatic carbocycles. The van der Waals surface area contributed by atoms with Crippen molar-refractivity contribution in [2.24, 2.45) is 0 Å². The number of para-hydroxylation sites is 1. The molecule has 4 aromatic rings. The Labute approximate surface area is 256 Å². The van der Waals surface area contributed by atoms with Crippen molar-refractivity contribution < 1.29 is 14.3 Å². The molecule has 0 spiro atoms.